The molecule has 0 aromatic heterocycles. The summed E-state index contributed by atoms with van der Waals surface area (Å²) in [7, 11) is 3.84. The van der Waals surface area contributed by atoms with Crippen molar-refractivity contribution in [3.63, 3.8) is 0 Å². The molecule has 1 unspecified atom stereocenters. The summed E-state index contributed by atoms with van der Waals surface area (Å²) in [5.74, 6) is 0.783. The normalized spacial score (nSPS) is 24.0. The summed E-state index contributed by atoms with van der Waals surface area (Å²) < 4.78 is 11.3. The number of piperidine rings is 1. The van der Waals surface area contributed by atoms with Crippen molar-refractivity contribution in [2.24, 2.45) is 0 Å². The van der Waals surface area contributed by atoms with Gasteiger partial charge in [0, 0.05) is 30.6 Å². The van der Waals surface area contributed by atoms with Crippen LogP contribution in [0.1, 0.15) is 31.2 Å². The van der Waals surface area contributed by atoms with Crippen LogP contribution in [0, 0.1) is 0 Å². The Hall–Kier alpha value is -2.53. The Morgan fingerprint density at radius 2 is 1.79 bits per heavy atom. The summed E-state index contributed by atoms with van der Waals surface area (Å²) in [6, 6.07) is 18.6. The molecule has 2 bridgehead atoms. The molecule has 0 spiro atoms. The van der Waals surface area contributed by atoms with Crippen LogP contribution < -0.4 is 9.64 Å². The first-order chi connectivity index (χ1) is 13.6. The molecular weight excluding hydrogens is 352 g/mol. The average molecular weight is 380 g/mol. The molecule has 2 saturated heterocycles. The van der Waals surface area contributed by atoms with Crippen LogP contribution in [0.3, 0.4) is 0 Å². The van der Waals surface area contributed by atoms with Gasteiger partial charge >= 0.3 is 6.09 Å². The first-order valence-corrected chi connectivity index (χ1v) is 10.0. The van der Waals surface area contributed by atoms with Crippen LogP contribution in [0.5, 0.6) is 5.75 Å². The number of nitrogens with zero attached hydrogens (tertiary/aromatic N) is 2. The quantitative estimate of drug-likeness (QED) is 0.768. The van der Waals surface area contributed by atoms with Gasteiger partial charge in [-0.25, -0.2) is 4.79 Å². The Kier molecular flexibility index (Phi) is 5.53. The molecule has 28 heavy (non-hydrogen) atoms. The molecule has 2 fully saturated rings. The summed E-state index contributed by atoms with van der Waals surface area (Å²) >= 11 is 0. The van der Waals surface area contributed by atoms with Crippen LogP contribution in [0.4, 0.5) is 10.5 Å². The number of carbonyl (C=O) groups is 1. The summed E-state index contributed by atoms with van der Waals surface area (Å²) in [6.07, 6.45) is 4.00. The van der Waals surface area contributed by atoms with Gasteiger partial charge in [0.25, 0.3) is 0 Å². The number of hydrogen-bond acceptors (Lipinski definition) is 4. The molecular formula is C23H28N2O3. The standard InChI is InChI=1S/C23H28N2O3/c1-24-19-11-12-20(24)15-22(14-19)28-23(26)25(18-8-4-3-5-9-18)16-17-7-6-10-21(13-17)27-2/h3-10,13,19-20,22H,11-12,14-16H2,1-2H3/t19-,20+,22?. The van der Waals surface area contributed by atoms with E-state index < -0.39 is 0 Å². The van der Waals surface area contributed by atoms with E-state index in [4.69, 9.17) is 9.47 Å². The van der Waals surface area contributed by atoms with Crippen molar-refractivity contribution in [2.45, 2.75) is 50.4 Å². The van der Waals surface area contributed by atoms with Crippen LogP contribution in [-0.4, -0.2) is 43.3 Å². The van der Waals surface area contributed by atoms with Gasteiger partial charge in [0.15, 0.2) is 0 Å². The van der Waals surface area contributed by atoms with Crippen molar-refractivity contribution in [2.75, 3.05) is 19.1 Å². The molecule has 2 aliphatic heterocycles. The molecule has 4 rings (SSSR count). The lowest BCUT2D eigenvalue weighted by molar-refractivity contribution is 0.0314. The van der Waals surface area contributed by atoms with Crippen molar-refractivity contribution in [3.8, 4) is 5.75 Å². The zero-order chi connectivity index (χ0) is 19.5. The Labute approximate surface area is 166 Å². The highest BCUT2D eigenvalue weighted by molar-refractivity contribution is 5.87. The van der Waals surface area contributed by atoms with Gasteiger partial charge in [-0.3, -0.25) is 4.90 Å². The first kappa shape index (κ1) is 18.8. The number of anilines is 1. The topological polar surface area (TPSA) is 42.0 Å². The summed E-state index contributed by atoms with van der Waals surface area (Å²) in [4.78, 5) is 17.3. The number of rotatable bonds is 5. The number of ether oxygens (including phenoxy) is 2. The van der Waals surface area contributed by atoms with Crippen molar-refractivity contribution >= 4 is 11.8 Å². The van der Waals surface area contributed by atoms with E-state index in [0.29, 0.717) is 18.6 Å². The number of methoxy groups -OCH3 is 1. The number of hydrogen-bond donors (Lipinski definition) is 0. The summed E-state index contributed by atoms with van der Waals surface area (Å²) in [6.45, 7) is 0.444. The van der Waals surface area contributed by atoms with Gasteiger partial charge in [0.1, 0.15) is 11.9 Å². The number of carbonyl (C=O) groups excluding carboxylic acids is 1. The Morgan fingerprint density at radius 1 is 1.07 bits per heavy atom. The summed E-state index contributed by atoms with van der Waals surface area (Å²) in [5.41, 5.74) is 1.84. The van der Waals surface area contributed by atoms with Crippen LogP contribution in [0.2, 0.25) is 0 Å². The largest absolute Gasteiger partial charge is 0.497 e. The van der Waals surface area contributed by atoms with Crippen LogP contribution >= 0.6 is 0 Å². The zero-order valence-corrected chi connectivity index (χ0v) is 16.6. The van der Waals surface area contributed by atoms with Gasteiger partial charge in [0.05, 0.1) is 13.7 Å². The number of benzene rings is 2. The fourth-order valence-electron chi connectivity index (χ4n) is 4.49. The molecule has 2 aromatic rings. The third-order valence-corrected chi connectivity index (χ3v) is 6.09. The highest BCUT2D eigenvalue weighted by atomic mass is 16.6. The van der Waals surface area contributed by atoms with E-state index in [1.54, 1.807) is 12.0 Å². The van der Waals surface area contributed by atoms with Crippen molar-refractivity contribution < 1.29 is 14.3 Å². The molecule has 2 aromatic carbocycles. The lowest BCUT2D eigenvalue weighted by Gasteiger charge is -2.36. The van der Waals surface area contributed by atoms with Crippen molar-refractivity contribution in [1.82, 2.24) is 4.90 Å². The molecule has 5 nitrogen and oxygen atoms in total. The van der Waals surface area contributed by atoms with Crippen molar-refractivity contribution in [1.29, 1.82) is 0 Å². The smallest absolute Gasteiger partial charge is 0.414 e. The maximum atomic E-state index is 13.1. The highest BCUT2D eigenvalue weighted by Gasteiger charge is 2.40. The van der Waals surface area contributed by atoms with E-state index in [1.807, 2.05) is 54.6 Å². The molecule has 0 saturated carbocycles. The molecule has 2 aliphatic rings. The van der Waals surface area contributed by atoms with E-state index in [-0.39, 0.29) is 12.2 Å². The molecule has 0 N–H and O–H groups in total. The minimum Gasteiger partial charge on any atom is -0.497 e. The van der Waals surface area contributed by atoms with Crippen molar-refractivity contribution in [3.05, 3.63) is 60.2 Å². The second-order valence-corrected chi connectivity index (χ2v) is 7.80. The van der Waals surface area contributed by atoms with E-state index in [1.165, 1.54) is 12.8 Å². The molecule has 2 heterocycles. The highest BCUT2D eigenvalue weighted by Crippen LogP contribution is 2.36. The predicted molar refractivity (Wildman–Crippen MR) is 110 cm³/mol. The summed E-state index contributed by atoms with van der Waals surface area (Å²) in [5, 5.41) is 0. The maximum absolute atomic E-state index is 13.1. The fourth-order valence-corrected chi connectivity index (χ4v) is 4.49. The fraction of sp³-hybridized carbons (Fsp3) is 0.435. The van der Waals surface area contributed by atoms with Crippen LogP contribution in [0.15, 0.2) is 54.6 Å². The average Bonchev–Trinajstić information content (AvgIpc) is 2.93. The second-order valence-electron chi connectivity index (χ2n) is 7.80. The van der Waals surface area contributed by atoms with Gasteiger partial charge in [-0.2, -0.15) is 0 Å². The first-order valence-electron chi connectivity index (χ1n) is 10.0. The molecule has 148 valence electrons. The molecule has 0 aliphatic carbocycles. The van der Waals surface area contributed by atoms with Gasteiger partial charge in [-0.05, 0) is 49.7 Å². The lowest BCUT2D eigenvalue weighted by Crippen LogP contribution is -2.45. The van der Waals surface area contributed by atoms with E-state index >= 15 is 0 Å². The third-order valence-electron chi connectivity index (χ3n) is 6.09. The van der Waals surface area contributed by atoms with Gasteiger partial charge < -0.3 is 14.4 Å². The minimum absolute atomic E-state index is 0.00211. The van der Waals surface area contributed by atoms with E-state index in [0.717, 1.165) is 29.8 Å². The molecule has 3 atom stereocenters. The maximum Gasteiger partial charge on any atom is 0.414 e. The second kappa shape index (κ2) is 8.23. The SMILES string of the molecule is COc1cccc(CN(C(=O)OC2C[C@H]3CC[C@@H](C2)N3C)c2ccccc2)c1. The van der Waals surface area contributed by atoms with E-state index in [9.17, 15) is 4.79 Å². The Balaban J connectivity index is 1.51. The Morgan fingerprint density at radius 3 is 2.46 bits per heavy atom. The number of fused-ring (bicyclic) bond motifs is 2. The van der Waals surface area contributed by atoms with Gasteiger partial charge in [-0.1, -0.05) is 30.3 Å². The lowest BCUT2D eigenvalue weighted by atomic mass is 10.0. The Bertz CT molecular complexity index is 797. The number of para-hydroxylation sites is 1. The minimum atomic E-state index is -0.275. The third kappa shape index (κ3) is 3.99. The van der Waals surface area contributed by atoms with Gasteiger partial charge in [-0.15, -0.1) is 0 Å². The molecule has 1 amide bonds. The van der Waals surface area contributed by atoms with Crippen LogP contribution in [-0.2, 0) is 11.3 Å². The zero-order valence-electron chi connectivity index (χ0n) is 16.6. The monoisotopic (exact) mass is 380 g/mol. The predicted octanol–water partition coefficient (Wildman–Crippen LogP) is 4.46. The van der Waals surface area contributed by atoms with Gasteiger partial charge in [0.2, 0.25) is 0 Å². The molecule has 5 heteroatoms. The number of amides is 1. The van der Waals surface area contributed by atoms with E-state index in [2.05, 4.69) is 11.9 Å². The van der Waals surface area contributed by atoms with Crippen LogP contribution in [0.25, 0.3) is 0 Å². The molecule has 0 radical (unpaired) electrons.